The zero-order chi connectivity index (χ0) is 24.3. The summed E-state index contributed by atoms with van der Waals surface area (Å²) in [6.07, 6.45) is -4.56. The highest BCUT2D eigenvalue weighted by Crippen LogP contribution is 2.34. The fraction of sp³-hybridized carbons (Fsp3) is 0.0909. The van der Waals surface area contributed by atoms with Gasteiger partial charge >= 0.3 is 6.18 Å². The van der Waals surface area contributed by atoms with Crippen molar-refractivity contribution >= 4 is 68.1 Å². The van der Waals surface area contributed by atoms with E-state index in [4.69, 9.17) is 11.6 Å². The summed E-state index contributed by atoms with van der Waals surface area (Å²) in [7, 11) is 0. The predicted molar refractivity (Wildman–Crippen MR) is 128 cm³/mol. The van der Waals surface area contributed by atoms with Crippen LogP contribution in [0.15, 0.2) is 65.0 Å². The molecule has 0 atom stereocenters. The van der Waals surface area contributed by atoms with Gasteiger partial charge in [-0.05, 0) is 41.1 Å². The first-order valence-corrected chi connectivity index (χ1v) is 11.8. The lowest BCUT2D eigenvalue weighted by atomic mass is 10.1. The number of fused-ring (bicyclic) bond motifs is 1. The van der Waals surface area contributed by atoms with E-state index in [0.29, 0.717) is 9.90 Å². The van der Waals surface area contributed by atoms with Crippen LogP contribution in [0.2, 0.25) is 5.02 Å². The quantitative estimate of drug-likeness (QED) is 0.228. The molecule has 0 aliphatic rings. The first-order chi connectivity index (χ1) is 16.2. The Morgan fingerprint density at radius 1 is 0.971 bits per heavy atom. The summed E-state index contributed by atoms with van der Waals surface area (Å²) in [5.41, 5.74) is -0.598. The zero-order valence-corrected chi connectivity index (χ0v) is 19.4. The van der Waals surface area contributed by atoms with Gasteiger partial charge in [-0.3, -0.25) is 14.9 Å². The maximum atomic E-state index is 12.9. The van der Waals surface area contributed by atoms with Crippen molar-refractivity contribution in [3.63, 3.8) is 0 Å². The van der Waals surface area contributed by atoms with E-state index in [0.717, 1.165) is 52.1 Å². The second kappa shape index (κ2) is 10.00. The Kier molecular flexibility index (Phi) is 7.05. The number of hydrogen-bond donors (Lipinski definition) is 2. The van der Waals surface area contributed by atoms with Gasteiger partial charge in [0.05, 0.1) is 22.0 Å². The molecule has 0 fully saturated rings. The molecule has 4 aromatic rings. The molecule has 12 heteroatoms. The SMILES string of the molecule is O=C(CSc1nnc(NC(=O)c2ccc3ccccc3c2)s1)Nc1cc(C(F)(F)F)ccc1Cl. The molecule has 34 heavy (non-hydrogen) atoms. The van der Waals surface area contributed by atoms with Gasteiger partial charge in [0.25, 0.3) is 5.91 Å². The van der Waals surface area contributed by atoms with Crippen LogP contribution in [0, 0.1) is 0 Å². The average molecular weight is 523 g/mol. The van der Waals surface area contributed by atoms with Crippen LogP contribution in [0.5, 0.6) is 0 Å². The number of aromatic nitrogens is 2. The molecule has 0 radical (unpaired) electrons. The molecular formula is C22H14ClF3N4O2S2. The molecule has 1 aromatic heterocycles. The number of nitrogens with one attached hydrogen (secondary N) is 2. The Labute approximate surface area is 204 Å². The Bertz CT molecular complexity index is 1380. The van der Waals surface area contributed by atoms with E-state index < -0.39 is 17.6 Å². The number of anilines is 2. The molecular weight excluding hydrogens is 509 g/mol. The lowest BCUT2D eigenvalue weighted by Crippen LogP contribution is -2.15. The summed E-state index contributed by atoms with van der Waals surface area (Å²) >= 11 is 7.99. The van der Waals surface area contributed by atoms with Crippen LogP contribution >= 0.6 is 34.7 Å². The minimum atomic E-state index is -4.56. The number of halogens is 4. The third-order valence-electron chi connectivity index (χ3n) is 4.53. The molecule has 4 rings (SSSR count). The third kappa shape index (κ3) is 5.85. The zero-order valence-electron chi connectivity index (χ0n) is 17.0. The fourth-order valence-electron chi connectivity index (χ4n) is 2.93. The molecule has 174 valence electrons. The van der Waals surface area contributed by atoms with Crippen LogP contribution in [0.25, 0.3) is 10.8 Å². The number of nitrogens with zero attached hydrogens (tertiary/aromatic N) is 2. The second-order valence-corrected chi connectivity index (χ2v) is 9.53. The number of carbonyl (C=O) groups is 2. The highest BCUT2D eigenvalue weighted by atomic mass is 35.5. The number of amides is 2. The van der Waals surface area contributed by atoms with Crippen LogP contribution in [0.4, 0.5) is 24.0 Å². The van der Waals surface area contributed by atoms with Gasteiger partial charge in [-0.25, -0.2) is 0 Å². The second-order valence-electron chi connectivity index (χ2n) is 6.92. The molecule has 0 spiro atoms. The molecule has 6 nitrogen and oxygen atoms in total. The van der Waals surface area contributed by atoms with E-state index in [1.54, 1.807) is 12.1 Å². The van der Waals surface area contributed by atoms with E-state index >= 15 is 0 Å². The summed E-state index contributed by atoms with van der Waals surface area (Å²) < 4.78 is 39.0. The predicted octanol–water partition coefficient (Wildman–Crippen LogP) is 6.35. The van der Waals surface area contributed by atoms with Crippen LogP contribution in [0.3, 0.4) is 0 Å². The van der Waals surface area contributed by atoms with Gasteiger partial charge in [-0.2, -0.15) is 13.2 Å². The molecule has 0 saturated heterocycles. The van der Waals surface area contributed by atoms with Gasteiger partial charge in [0, 0.05) is 5.56 Å². The molecule has 0 unspecified atom stereocenters. The summed E-state index contributed by atoms with van der Waals surface area (Å²) in [4.78, 5) is 24.7. The molecule has 3 aromatic carbocycles. The molecule has 0 saturated carbocycles. The van der Waals surface area contributed by atoms with Crippen molar-refractivity contribution in [2.45, 2.75) is 10.5 Å². The Morgan fingerprint density at radius 2 is 1.74 bits per heavy atom. The minimum absolute atomic E-state index is 0.0130. The lowest BCUT2D eigenvalue weighted by Gasteiger charge is -2.11. The molecule has 2 amide bonds. The van der Waals surface area contributed by atoms with Crippen molar-refractivity contribution < 1.29 is 22.8 Å². The maximum Gasteiger partial charge on any atom is 0.416 e. The first kappa shape index (κ1) is 24.0. The van der Waals surface area contributed by atoms with Crippen molar-refractivity contribution in [1.82, 2.24) is 10.2 Å². The van der Waals surface area contributed by atoms with Crippen molar-refractivity contribution in [3.05, 3.63) is 76.8 Å². The average Bonchev–Trinajstić information content (AvgIpc) is 3.25. The van der Waals surface area contributed by atoms with Gasteiger partial charge in [-0.15, -0.1) is 10.2 Å². The molecule has 0 aliphatic carbocycles. The fourth-order valence-corrected chi connectivity index (χ4v) is 4.64. The van der Waals surface area contributed by atoms with E-state index in [-0.39, 0.29) is 27.5 Å². The van der Waals surface area contributed by atoms with Crippen molar-refractivity contribution in [2.75, 3.05) is 16.4 Å². The molecule has 1 heterocycles. The standard InChI is InChI=1S/C22H14ClF3N4O2S2/c23-16-8-7-15(22(24,25)26)10-17(16)27-18(31)11-33-21-30-29-20(34-21)28-19(32)14-6-5-12-3-1-2-4-13(12)9-14/h1-10H,11H2,(H,27,31)(H,28,29,32). The molecule has 0 aliphatic heterocycles. The van der Waals surface area contributed by atoms with Crippen LogP contribution in [-0.4, -0.2) is 27.8 Å². The van der Waals surface area contributed by atoms with E-state index in [1.165, 1.54) is 0 Å². The van der Waals surface area contributed by atoms with Crippen LogP contribution in [0.1, 0.15) is 15.9 Å². The number of rotatable bonds is 6. The van der Waals surface area contributed by atoms with Gasteiger partial charge < -0.3 is 5.32 Å². The molecule has 0 bridgehead atoms. The Hall–Kier alpha value is -3.15. The number of alkyl halides is 3. The topological polar surface area (TPSA) is 84.0 Å². The summed E-state index contributed by atoms with van der Waals surface area (Å²) in [5.74, 6) is -1.06. The van der Waals surface area contributed by atoms with Crippen LogP contribution in [-0.2, 0) is 11.0 Å². The monoisotopic (exact) mass is 522 g/mol. The normalized spacial score (nSPS) is 11.4. The van der Waals surface area contributed by atoms with E-state index in [2.05, 4.69) is 20.8 Å². The molecule has 2 N–H and O–H groups in total. The number of carbonyl (C=O) groups excluding carboxylic acids is 2. The van der Waals surface area contributed by atoms with Gasteiger partial charge in [0.2, 0.25) is 11.0 Å². The highest BCUT2D eigenvalue weighted by molar-refractivity contribution is 8.01. The smallest absolute Gasteiger partial charge is 0.324 e. The van der Waals surface area contributed by atoms with Gasteiger partial charge in [0.15, 0.2) is 4.34 Å². The van der Waals surface area contributed by atoms with Crippen molar-refractivity contribution in [3.8, 4) is 0 Å². The van der Waals surface area contributed by atoms with E-state index in [9.17, 15) is 22.8 Å². The maximum absolute atomic E-state index is 12.9. The first-order valence-electron chi connectivity index (χ1n) is 9.62. The lowest BCUT2D eigenvalue weighted by molar-refractivity contribution is -0.137. The summed E-state index contributed by atoms with van der Waals surface area (Å²) in [6, 6.07) is 15.7. The van der Waals surface area contributed by atoms with Gasteiger partial charge in [-0.1, -0.05) is 65.0 Å². The third-order valence-corrected chi connectivity index (χ3v) is 6.83. The number of hydrogen-bond acceptors (Lipinski definition) is 6. The summed E-state index contributed by atoms with van der Waals surface area (Å²) in [6.45, 7) is 0. The van der Waals surface area contributed by atoms with E-state index in [1.807, 2.05) is 30.3 Å². The minimum Gasteiger partial charge on any atom is -0.324 e. The van der Waals surface area contributed by atoms with Gasteiger partial charge in [0.1, 0.15) is 0 Å². The highest BCUT2D eigenvalue weighted by Gasteiger charge is 2.31. The van der Waals surface area contributed by atoms with Crippen LogP contribution < -0.4 is 10.6 Å². The summed E-state index contributed by atoms with van der Waals surface area (Å²) in [5, 5.41) is 15.0. The Morgan fingerprint density at radius 3 is 2.50 bits per heavy atom. The number of benzene rings is 3. The van der Waals surface area contributed by atoms with Crippen molar-refractivity contribution in [1.29, 1.82) is 0 Å². The largest absolute Gasteiger partial charge is 0.416 e. The van der Waals surface area contributed by atoms with Crippen molar-refractivity contribution in [2.24, 2.45) is 0 Å². The number of thioether (sulfide) groups is 1. The Balaban J connectivity index is 1.34.